The van der Waals surface area contributed by atoms with Gasteiger partial charge in [0.1, 0.15) is 4.60 Å². The SMILES string of the molecule is CC(C)C(C)NCc1cnc2cnc(Br)cn12. The highest BCUT2D eigenvalue weighted by Gasteiger charge is 2.08. The molecule has 0 saturated carbocycles. The summed E-state index contributed by atoms with van der Waals surface area (Å²) in [6.07, 6.45) is 5.60. The van der Waals surface area contributed by atoms with Crippen molar-refractivity contribution >= 4 is 21.6 Å². The van der Waals surface area contributed by atoms with Crippen molar-refractivity contribution in [1.82, 2.24) is 19.7 Å². The fourth-order valence-corrected chi connectivity index (χ4v) is 1.86. The third kappa shape index (κ3) is 2.84. The molecule has 1 atom stereocenters. The molecule has 17 heavy (non-hydrogen) atoms. The molecule has 0 bridgehead atoms. The molecule has 0 saturated heterocycles. The maximum absolute atomic E-state index is 4.32. The summed E-state index contributed by atoms with van der Waals surface area (Å²) in [6, 6.07) is 0.492. The number of imidazole rings is 1. The van der Waals surface area contributed by atoms with Gasteiger partial charge in [-0.2, -0.15) is 0 Å². The topological polar surface area (TPSA) is 42.2 Å². The van der Waals surface area contributed by atoms with E-state index in [0.717, 1.165) is 22.5 Å². The molecule has 1 unspecified atom stereocenters. The van der Waals surface area contributed by atoms with Crippen LogP contribution < -0.4 is 5.32 Å². The van der Waals surface area contributed by atoms with E-state index in [2.05, 4.69) is 56.4 Å². The van der Waals surface area contributed by atoms with Gasteiger partial charge in [0, 0.05) is 18.8 Å². The van der Waals surface area contributed by atoms with Gasteiger partial charge in [-0.25, -0.2) is 9.97 Å². The number of fused-ring (bicyclic) bond motifs is 1. The molecule has 0 amide bonds. The van der Waals surface area contributed by atoms with Gasteiger partial charge in [0.25, 0.3) is 0 Å². The van der Waals surface area contributed by atoms with Crippen LogP contribution in [0.2, 0.25) is 0 Å². The van der Waals surface area contributed by atoms with Crippen molar-refractivity contribution in [2.75, 3.05) is 0 Å². The predicted octanol–water partition coefficient (Wildman–Crippen LogP) is 2.63. The average molecular weight is 297 g/mol. The van der Waals surface area contributed by atoms with Gasteiger partial charge in [-0.15, -0.1) is 0 Å². The van der Waals surface area contributed by atoms with Crippen LogP contribution in [0, 0.1) is 5.92 Å². The van der Waals surface area contributed by atoms with Crippen LogP contribution in [-0.2, 0) is 6.54 Å². The molecule has 2 aromatic heterocycles. The van der Waals surface area contributed by atoms with Crippen molar-refractivity contribution < 1.29 is 0 Å². The molecular formula is C12H17BrN4. The Morgan fingerprint density at radius 3 is 2.76 bits per heavy atom. The summed E-state index contributed by atoms with van der Waals surface area (Å²) in [4.78, 5) is 8.48. The van der Waals surface area contributed by atoms with E-state index in [9.17, 15) is 0 Å². The first-order valence-electron chi connectivity index (χ1n) is 5.79. The first-order chi connectivity index (χ1) is 8.08. The fourth-order valence-electron chi connectivity index (χ4n) is 1.55. The Morgan fingerprint density at radius 1 is 1.29 bits per heavy atom. The third-order valence-electron chi connectivity index (χ3n) is 3.05. The maximum atomic E-state index is 4.32. The van der Waals surface area contributed by atoms with Crippen molar-refractivity contribution in [3.8, 4) is 0 Å². The standard InChI is InChI=1S/C12H17BrN4/c1-8(2)9(3)14-4-10-5-16-12-6-15-11(13)7-17(10)12/h5-9,14H,4H2,1-3H3. The van der Waals surface area contributed by atoms with Crippen LogP contribution in [0.15, 0.2) is 23.2 Å². The molecule has 0 fully saturated rings. The second-order valence-corrected chi connectivity index (χ2v) is 5.41. The molecule has 92 valence electrons. The Morgan fingerprint density at radius 2 is 2.06 bits per heavy atom. The van der Waals surface area contributed by atoms with E-state index in [-0.39, 0.29) is 0 Å². The summed E-state index contributed by atoms with van der Waals surface area (Å²) in [5.41, 5.74) is 2.03. The summed E-state index contributed by atoms with van der Waals surface area (Å²) >= 11 is 3.37. The predicted molar refractivity (Wildman–Crippen MR) is 71.8 cm³/mol. The molecule has 4 nitrogen and oxygen atoms in total. The van der Waals surface area contributed by atoms with Gasteiger partial charge in [-0.1, -0.05) is 13.8 Å². The van der Waals surface area contributed by atoms with E-state index in [1.165, 1.54) is 0 Å². The van der Waals surface area contributed by atoms with Crippen LogP contribution in [0.25, 0.3) is 5.65 Å². The maximum Gasteiger partial charge on any atom is 0.155 e. The molecule has 0 radical (unpaired) electrons. The van der Waals surface area contributed by atoms with Crippen LogP contribution in [0.1, 0.15) is 26.5 Å². The second kappa shape index (κ2) is 5.14. The van der Waals surface area contributed by atoms with Crippen LogP contribution in [0.5, 0.6) is 0 Å². The summed E-state index contributed by atoms with van der Waals surface area (Å²) in [6.45, 7) is 7.45. The van der Waals surface area contributed by atoms with E-state index in [4.69, 9.17) is 0 Å². The van der Waals surface area contributed by atoms with Gasteiger partial charge in [0.15, 0.2) is 5.65 Å². The molecule has 2 heterocycles. The van der Waals surface area contributed by atoms with Crippen LogP contribution in [-0.4, -0.2) is 20.4 Å². The van der Waals surface area contributed by atoms with Crippen LogP contribution in [0.4, 0.5) is 0 Å². The van der Waals surface area contributed by atoms with Crippen molar-refractivity contribution in [3.63, 3.8) is 0 Å². The quantitative estimate of drug-likeness (QED) is 0.943. The monoisotopic (exact) mass is 296 g/mol. The van der Waals surface area contributed by atoms with E-state index in [1.54, 1.807) is 6.20 Å². The molecule has 0 spiro atoms. The Kier molecular flexibility index (Phi) is 3.79. The molecule has 0 aliphatic carbocycles. The molecule has 2 rings (SSSR count). The number of halogens is 1. The lowest BCUT2D eigenvalue weighted by Gasteiger charge is -2.17. The highest BCUT2D eigenvalue weighted by molar-refractivity contribution is 9.10. The first kappa shape index (κ1) is 12.5. The summed E-state index contributed by atoms with van der Waals surface area (Å²) in [7, 11) is 0. The summed E-state index contributed by atoms with van der Waals surface area (Å²) in [5, 5.41) is 3.50. The van der Waals surface area contributed by atoms with Crippen molar-refractivity contribution in [2.45, 2.75) is 33.4 Å². The van der Waals surface area contributed by atoms with Gasteiger partial charge in [-0.3, -0.25) is 4.40 Å². The molecule has 2 aromatic rings. The van der Waals surface area contributed by atoms with E-state index in [1.807, 2.05) is 12.4 Å². The normalized spacial score (nSPS) is 13.5. The Balaban J connectivity index is 2.16. The minimum Gasteiger partial charge on any atom is -0.308 e. The van der Waals surface area contributed by atoms with Crippen LogP contribution >= 0.6 is 15.9 Å². The number of nitrogens with zero attached hydrogens (tertiary/aromatic N) is 3. The average Bonchev–Trinajstić information content (AvgIpc) is 2.68. The Hall–Kier alpha value is -0.940. The van der Waals surface area contributed by atoms with Crippen LogP contribution in [0.3, 0.4) is 0 Å². The lowest BCUT2D eigenvalue weighted by Crippen LogP contribution is -2.30. The van der Waals surface area contributed by atoms with E-state index >= 15 is 0 Å². The zero-order valence-corrected chi connectivity index (χ0v) is 11.9. The van der Waals surface area contributed by atoms with Gasteiger partial charge < -0.3 is 5.32 Å². The lowest BCUT2D eigenvalue weighted by molar-refractivity contribution is 0.423. The van der Waals surface area contributed by atoms with Gasteiger partial charge >= 0.3 is 0 Å². The van der Waals surface area contributed by atoms with E-state index in [0.29, 0.717) is 12.0 Å². The van der Waals surface area contributed by atoms with E-state index < -0.39 is 0 Å². The highest BCUT2D eigenvalue weighted by atomic mass is 79.9. The van der Waals surface area contributed by atoms with Crippen molar-refractivity contribution in [1.29, 1.82) is 0 Å². The summed E-state index contributed by atoms with van der Waals surface area (Å²) in [5.74, 6) is 0.627. The molecular weight excluding hydrogens is 280 g/mol. The minimum atomic E-state index is 0.492. The number of rotatable bonds is 4. The van der Waals surface area contributed by atoms with Gasteiger partial charge in [-0.05, 0) is 28.8 Å². The fraction of sp³-hybridized carbons (Fsp3) is 0.500. The van der Waals surface area contributed by atoms with Gasteiger partial charge in [0.2, 0.25) is 0 Å². The number of hydrogen-bond donors (Lipinski definition) is 1. The number of nitrogens with one attached hydrogen (secondary N) is 1. The zero-order valence-electron chi connectivity index (χ0n) is 10.3. The first-order valence-corrected chi connectivity index (χ1v) is 6.58. The molecule has 1 N–H and O–H groups in total. The number of aromatic nitrogens is 3. The molecule has 0 aliphatic heterocycles. The lowest BCUT2D eigenvalue weighted by atomic mass is 10.1. The van der Waals surface area contributed by atoms with Crippen molar-refractivity contribution in [3.05, 3.63) is 28.9 Å². The largest absolute Gasteiger partial charge is 0.308 e. The highest BCUT2D eigenvalue weighted by Crippen LogP contribution is 2.11. The van der Waals surface area contributed by atoms with Crippen molar-refractivity contribution in [2.24, 2.45) is 5.92 Å². The number of hydrogen-bond acceptors (Lipinski definition) is 3. The Labute approximate surface area is 110 Å². The molecule has 0 aliphatic rings. The van der Waals surface area contributed by atoms with Gasteiger partial charge in [0.05, 0.1) is 18.1 Å². The zero-order chi connectivity index (χ0) is 12.4. The third-order valence-corrected chi connectivity index (χ3v) is 3.46. The smallest absolute Gasteiger partial charge is 0.155 e. The minimum absolute atomic E-state index is 0.492. The molecule has 5 heteroatoms. The summed E-state index contributed by atoms with van der Waals surface area (Å²) < 4.78 is 2.87. The molecule has 0 aromatic carbocycles. The Bertz CT molecular complexity index is 506. The second-order valence-electron chi connectivity index (χ2n) is 4.60.